The molecule has 2 aromatic rings. The summed E-state index contributed by atoms with van der Waals surface area (Å²) in [5, 5.41) is 3.25. The molecule has 0 amide bonds. The third-order valence-corrected chi connectivity index (χ3v) is 2.77. The highest BCUT2D eigenvalue weighted by Gasteiger charge is 2.01. The van der Waals surface area contributed by atoms with Gasteiger partial charge in [-0.05, 0) is 49.2 Å². The molecule has 0 atom stereocenters. The van der Waals surface area contributed by atoms with Crippen LogP contribution in [-0.2, 0) is 0 Å². The first-order valence-electron chi connectivity index (χ1n) is 5.66. The van der Waals surface area contributed by atoms with E-state index >= 15 is 0 Å². The summed E-state index contributed by atoms with van der Waals surface area (Å²) in [4.78, 5) is 4.63. The fraction of sp³-hybridized carbons (Fsp3) is 0.143. The maximum absolute atomic E-state index is 5.60. The topological polar surface area (TPSA) is 50.9 Å². The maximum Gasteiger partial charge on any atom is 0.130 e. The van der Waals surface area contributed by atoms with Crippen molar-refractivity contribution in [1.29, 1.82) is 0 Å². The Balaban J connectivity index is 2.28. The Morgan fingerprint density at radius 1 is 1.17 bits per heavy atom. The molecule has 0 bridgehead atoms. The molecule has 0 fully saturated rings. The number of hydrogen-bond acceptors (Lipinski definition) is 3. The van der Waals surface area contributed by atoms with Crippen LogP contribution in [0.15, 0.2) is 36.5 Å². The first kappa shape index (κ1) is 12.5. The molecule has 3 nitrogen and oxygen atoms in total. The molecule has 1 aromatic carbocycles. The molecule has 3 N–H and O–H groups in total. The largest absolute Gasteiger partial charge is 0.389 e. The van der Waals surface area contributed by atoms with Crippen molar-refractivity contribution < 1.29 is 0 Å². The van der Waals surface area contributed by atoms with Crippen LogP contribution >= 0.6 is 12.2 Å². The van der Waals surface area contributed by atoms with Gasteiger partial charge in [0.1, 0.15) is 10.8 Å². The minimum absolute atomic E-state index is 0.376. The predicted octanol–water partition coefficient (Wildman–Crippen LogP) is 3.08. The van der Waals surface area contributed by atoms with E-state index in [1.165, 1.54) is 11.1 Å². The number of benzene rings is 1. The van der Waals surface area contributed by atoms with Crippen molar-refractivity contribution in [1.82, 2.24) is 4.98 Å². The molecular weight excluding hydrogens is 242 g/mol. The van der Waals surface area contributed by atoms with E-state index in [2.05, 4.69) is 42.3 Å². The van der Waals surface area contributed by atoms with E-state index < -0.39 is 0 Å². The summed E-state index contributed by atoms with van der Waals surface area (Å²) in [6.45, 7) is 4.13. The standard InChI is InChI=1S/C14H15N3S/c1-9-5-10(2)7-12(6-9)17-13-8-11(14(15)18)3-4-16-13/h3-8H,1-2H3,(H2,15,18)(H,16,17). The van der Waals surface area contributed by atoms with Crippen LogP contribution in [0.3, 0.4) is 0 Å². The number of nitrogens with one attached hydrogen (secondary N) is 1. The summed E-state index contributed by atoms with van der Waals surface area (Å²) in [5.41, 5.74) is 9.85. The minimum atomic E-state index is 0.376. The van der Waals surface area contributed by atoms with E-state index in [0.717, 1.165) is 17.1 Å². The summed E-state index contributed by atoms with van der Waals surface area (Å²) in [6.07, 6.45) is 1.69. The molecule has 0 aliphatic rings. The Bertz CT molecular complexity index is 573. The van der Waals surface area contributed by atoms with Crippen molar-refractivity contribution in [3.05, 3.63) is 53.2 Å². The molecule has 0 saturated heterocycles. The third kappa shape index (κ3) is 3.05. The normalized spacial score (nSPS) is 10.1. The number of anilines is 2. The summed E-state index contributed by atoms with van der Waals surface area (Å²) in [7, 11) is 0. The number of pyridine rings is 1. The van der Waals surface area contributed by atoms with Gasteiger partial charge in [-0.1, -0.05) is 18.3 Å². The highest BCUT2D eigenvalue weighted by atomic mass is 32.1. The molecule has 0 radical (unpaired) electrons. The fourth-order valence-electron chi connectivity index (χ4n) is 1.85. The minimum Gasteiger partial charge on any atom is -0.389 e. The summed E-state index contributed by atoms with van der Waals surface area (Å²) < 4.78 is 0. The van der Waals surface area contributed by atoms with Crippen LogP contribution in [0.4, 0.5) is 11.5 Å². The lowest BCUT2D eigenvalue weighted by molar-refractivity contribution is 1.29. The van der Waals surface area contributed by atoms with Gasteiger partial charge in [-0.15, -0.1) is 0 Å². The quantitative estimate of drug-likeness (QED) is 0.830. The monoisotopic (exact) mass is 257 g/mol. The van der Waals surface area contributed by atoms with E-state index in [4.69, 9.17) is 18.0 Å². The molecular formula is C14H15N3S. The zero-order valence-electron chi connectivity index (χ0n) is 10.4. The molecule has 0 aliphatic heterocycles. The Labute approximate surface area is 112 Å². The van der Waals surface area contributed by atoms with Gasteiger partial charge < -0.3 is 11.1 Å². The molecule has 0 spiro atoms. The second kappa shape index (κ2) is 5.14. The van der Waals surface area contributed by atoms with Crippen LogP contribution in [0, 0.1) is 13.8 Å². The molecule has 1 aromatic heterocycles. The Kier molecular flexibility index (Phi) is 3.58. The molecule has 92 valence electrons. The van der Waals surface area contributed by atoms with Crippen LogP contribution < -0.4 is 11.1 Å². The van der Waals surface area contributed by atoms with Crippen molar-refractivity contribution in [2.45, 2.75) is 13.8 Å². The van der Waals surface area contributed by atoms with Crippen molar-refractivity contribution >= 4 is 28.7 Å². The van der Waals surface area contributed by atoms with Crippen molar-refractivity contribution in [2.24, 2.45) is 5.73 Å². The van der Waals surface area contributed by atoms with Crippen molar-refractivity contribution in [2.75, 3.05) is 5.32 Å². The van der Waals surface area contributed by atoms with Crippen LogP contribution in [0.25, 0.3) is 0 Å². The van der Waals surface area contributed by atoms with E-state index in [1.807, 2.05) is 6.07 Å². The summed E-state index contributed by atoms with van der Waals surface area (Å²) >= 11 is 4.95. The number of nitrogens with zero attached hydrogens (tertiary/aromatic N) is 1. The fourth-order valence-corrected chi connectivity index (χ4v) is 1.97. The molecule has 1 heterocycles. The summed E-state index contributed by atoms with van der Waals surface area (Å²) in [6, 6.07) is 9.92. The van der Waals surface area contributed by atoms with Crippen LogP contribution in [0.1, 0.15) is 16.7 Å². The van der Waals surface area contributed by atoms with Gasteiger partial charge in [0.05, 0.1) is 0 Å². The smallest absolute Gasteiger partial charge is 0.130 e. The SMILES string of the molecule is Cc1cc(C)cc(Nc2cc(C(N)=S)ccn2)c1. The lowest BCUT2D eigenvalue weighted by Crippen LogP contribution is -2.09. The first-order chi connectivity index (χ1) is 8.54. The summed E-state index contributed by atoms with van der Waals surface area (Å²) in [5.74, 6) is 0.741. The van der Waals surface area contributed by atoms with Gasteiger partial charge in [0.15, 0.2) is 0 Å². The van der Waals surface area contributed by atoms with Crippen LogP contribution in [0.5, 0.6) is 0 Å². The predicted molar refractivity (Wildman–Crippen MR) is 79.3 cm³/mol. The lowest BCUT2D eigenvalue weighted by Gasteiger charge is -2.08. The van der Waals surface area contributed by atoms with Gasteiger partial charge in [0, 0.05) is 17.4 Å². The Morgan fingerprint density at radius 3 is 2.44 bits per heavy atom. The number of thiocarbonyl (C=S) groups is 1. The van der Waals surface area contributed by atoms with E-state index in [-0.39, 0.29) is 0 Å². The van der Waals surface area contributed by atoms with E-state index in [9.17, 15) is 0 Å². The van der Waals surface area contributed by atoms with Gasteiger partial charge >= 0.3 is 0 Å². The molecule has 0 aliphatic carbocycles. The number of hydrogen-bond donors (Lipinski definition) is 2. The van der Waals surface area contributed by atoms with Gasteiger partial charge in [0.25, 0.3) is 0 Å². The van der Waals surface area contributed by atoms with Gasteiger partial charge in [-0.25, -0.2) is 4.98 Å². The van der Waals surface area contributed by atoms with Crippen LogP contribution in [-0.4, -0.2) is 9.97 Å². The molecule has 2 rings (SSSR count). The lowest BCUT2D eigenvalue weighted by atomic mass is 10.1. The highest BCUT2D eigenvalue weighted by molar-refractivity contribution is 7.80. The average molecular weight is 257 g/mol. The number of aryl methyl sites for hydroxylation is 2. The number of nitrogens with two attached hydrogens (primary N) is 1. The van der Waals surface area contributed by atoms with E-state index in [0.29, 0.717) is 4.99 Å². The highest BCUT2D eigenvalue weighted by Crippen LogP contribution is 2.18. The molecule has 0 unspecified atom stereocenters. The zero-order valence-corrected chi connectivity index (χ0v) is 11.2. The van der Waals surface area contributed by atoms with E-state index in [1.54, 1.807) is 12.3 Å². The van der Waals surface area contributed by atoms with Crippen LogP contribution in [0.2, 0.25) is 0 Å². The average Bonchev–Trinajstić information content (AvgIpc) is 2.27. The Hall–Kier alpha value is -1.94. The maximum atomic E-state index is 5.60. The molecule has 0 saturated carbocycles. The zero-order chi connectivity index (χ0) is 13.1. The second-order valence-electron chi connectivity index (χ2n) is 4.30. The van der Waals surface area contributed by atoms with Crippen molar-refractivity contribution in [3.63, 3.8) is 0 Å². The third-order valence-electron chi connectivity index (χ3n) is 2.54. The van der Waals surface area contributed by atoms with Gasteiger partial charge in [-0.2, -0.15) is 0 Å². The Morgan fingerprint density at radius 2 is 1.83 bits per heavy atom. The van der Waals surface area contributed by atoms with Gasteiger partial charge in [0.2, 0.25) is 0 Å². The van der Waals surface area contributed by atoms with Gasteiger partial charge in [-0.3, -0.25) is 0 Å². The number of aromatic nitrogens is 1. The molecule has 18 heavy (non-hydrogen) atoms. The number of rotatable bonds is 3. The first-order valence-corrected chi connectivity index (χ1v) is 6.06. The molecule has 4 heteroatoms. The second-order valence-corrected chi connectivity index (χ2v) is 4.74. The van der Waals surface area contributed by atoms with Crippen molar-refractivity contribution in [3.8, 4) is 0 Å².